The quantitative estimate of drug-likeness (QED) is 0.716. The molecule has 8 heteroatoms. The average Bonchev–Trinajstić information content (AvgIpc) is 3.39. The van der Waals surface area contributed by atoms with Crippen LogP contribution in [0.4, 0.5) is 5.13 Å². The van der Waals surface area contributed by atoms with Crippen LogP contribution in [0.25, 0.3) is 4.96 Å². The molecule has 4 rings (SSSR count). The molecular weight excluding hydrogens is 352 g/mol. The summed E-state index contributed by atoms with van der Waals surface area (Å²) in [5.74, 6) is 0.574. The largest absolute Gasteiger partial charge is 0.504 e. The van der Waals surface area contributed by atoms with E-state index in [2.05, 4.69) is 15.0 Å². The lowest BCUT2D eigenvalue weighted by Gasteiger charge is -2.21. The molecule has 3 aromatic rings. The summed E-state index contributed by atoms with van der Waals surface area (Å²) in [7, 11) is 1.54. The molecule has 1 saturated carbocycles. The van der Waals surface area contributed by atoms with E-state index >= 15 is 0 Å². The van der Waals surface area contributed by atoms with Crippen molar-refractivity contribution < 1.29 is 9.84 Å². The minimum Gasteiger partial charge on any atom is -0.504 e. The van der Waals surface area contributed by atoms with Crippen LogP contribution in [0.3, 0.4) is 0 Å². The lowest BCUT2D eigenvalue weighted by Crippen LogP contribution is -2.25. The second-order valence-corrected chi connectivity index (χ2v) is 7.32. The zero-order chi connectivity index (χ0) is 18.3. The standard InChI is InChI=1S/C18H20N4O3S/c1-3-12-9-16(24)22-17(19-12)26-18(20-22)21(13-5-6-13)10-11-4-7-14(23)15(8-11)25-2/h4,7-9,13,23H,3,5-6,10H2,1-2H3. The summed E-state index contributed by atoms with van der Waals surface area (Å²) in [4.78, 5) is 19.6. The van der Waals surface area contributed by atoms with E-state index in [-0.39, 0.29) is 11.3 Å². The van der Waals surface area contributed by atoms with E-state index in [1.54, 1.807) is 12.1 Å². The van der Waals surface area contributed by atoms with Crippen molar-refractivity contribution >= 4 is 21.4 Å². The number of rotatable bonds is 6. The second kappa shape index (κ2) is 6.60. The highest BCUT2D eigenvalue weighted by Gasteiger charge is 2.32. The van der Waals surface area contributed by atoms with Crippen molar-refractivity contribution in [3.05, 3.63) is 45.9 Å². The Morgan fingerprint density at radius 2 is 2.19 bits per heavy atom. The molecule has 7 nitrogen and oxygen atoms in total. The number of benzene rings is 1. The minimum atomic E-state index is -0.142. The first-order chi connectivity index (χ1) is 12.6. The zero-order valence-electron chi connectivity index (χ0n) is 14.7. The van der Waals surface area contributed by atoms with Gasteiger partial charge in [0, 0.05) is 24.3 Å². The van der Waals surface area contributed by atoms with E-state index in [0.717, 1.165) is 35.7 Å². The lowest BCUT2D eigenvalue weighted by atomic mass is 10.2. The van der Waals surface area contributed by atoms with E-state index in [1.807, 2.05) is 19.1 Å². The summed E-state index contributed by atoms with van der Waals surface area (Å²) >= 11 is 1.44. The van der Waals surface area contributed by atoms with Gasteiger partial charge in [0.2, 0.25) is 10.1 Å². The van der Waals surface area contributed by atoms with Crippen LogP contribution in [0.2, 0.25) is 0 Å². The highest BCUT2D eigenvalue weighted by Crippen LogP contribution is 2.36. The number of nitrogens with zero attached hydrogens (tertiary/aromatic N) is 4. The number of hydrogen-bond donors (Lipinski definition) is 1. The van der Waals surface area contributed by atoms with Crippen LogP contribution in [-0.4, -0.2) is 32.9 Å². The van der Waals surface area contributed by atoms with Gasteiger partial charge in [-0.25, -0.2) is 4.98 Å². The zero-order valence-corrected chi connectivity index (χ0v) is 15.5. The third-order valence-electron chi connectivity index (χ3n) is 4.48. The first-order valence-electron chi connectivity index (χ1n) is 8.61. The predicted octanol–water partition coefficient (Wildman–Crippen LogP) is 2.60. The van der Waals surface area contributed by atoms with Crippen molar-refractivity contribution in [2.24, 2.45) is 0 Å². The van der Waals surface area contributed by atoms with Gasteiger partial charge in [0.1, 0.15) is 0 Å². The topological polar surface area (TPSA) is 80.0 Å². The molecule has 136 valence electrons. The lowest BCUT2D eigenvalue weighted by molar-refractivity contribution is 0.373. The molecule has 0 spiro atoms. The monoisotopic (exact) mass is 372 g/mol. The third kappa shape index (κ3) is 3.12. The number of aromatic hydroxyl groups is 1. The van der Waals surface area contributed by atoms with Crippen molar-refractivity contribution in [1.82, 2.24) is 14.6 Å². The number of aryl methyl sites for hydroxylation is 1. The van der Waals surface area contributed by atoms with Crippen molar-refractivity contribution in [1.29, 1.82) is 0 Å². The normalized spacial score (nSPS) is 13.9. The van der Waals surface area contributed by atoms with E-state index in [9.17, 15) is 9.90 Å². The van der Waals surface area contributed by atoms with Gasteiger partial charge in [-0.05, 0) is 37.0 Å². The van der Waals surface area contributed by atoms with Gasteiger partial charge in [0.15, 0.2) is 11.5 Å². The van der Waals surface area contributed by atoms with Gasteiger partial charge in [-0.2, -0.15) is 4.52 Å². The number of fused-ring (bicyclic) bond motifs is 1. The van der Waals surface area contributed by atoms with E-state index in [0.29, 0.717) is 23.3 Å². The molecule has 0 radical (unpaired) electrons. The SMILES string of the molecule is CCc1cc(=O)n2nc(N(Cc3ccc(O)c(OC)c3)C3CC3)sc2n1. The third-order valence-corrected chi connectivity index (χ3v) is 5.43. The van der Waals surface area contributed by atoms with E-state index in [1.165, 1.54) is 23.0 Å². The van der Waals surface area contributed by atoms with Crippen molar-refractivity contribution in [3.63, 3.8) is 0 Å². The van der Waals surface area contributed by atoms with Gasteiger partial charge in [-0.1, -0.05) is 24.3 Å². The van der Waals surface area contributed by atoms with Crippen molar-refractivity contribution in [3.8, 4) is 11.5 Å². The van der Waals surface area contributed by atoms with Gasteiger partial charge in [-0.15, -0.1) is 5.10 Å². The Balaban J connectivity index is 1.70. The molecule has 1 fully saturated rings. The molecule has 0 amide bonds. The number of phenols is 1. The number of ether oxygens (including phenoxy) is 1. The second-order valence-electron chi connectivity index (χ2n) is 6.38. The molecule has 1 aromatic carbocycles. The van der Waals surface area contributed by atoms with Crippen LogP contribution in [0.5, 0.6) is 11.5 Å². The Hall–Kier alpha value is -2.61. The molecule has 2 aromatic heterocycles. The number of phenolic OH excluding ortho intramolecular Hbond substituents is 1. The first kappa shape index (κ1) is 16.8. The van der Waals surface area contributed by atoms with Crippen LogP contribution in [-0.2, 0) is 13.0 Å². The van der Waals surface area contributed by atoms with Gasteiger partial charge in [0.05, 0.1) is 7.11 Å². The fraction of sp³-hybridized carbons (Fsp3) is 0.389. The summed E-state index contributed by atoms with van der Waals surface area (Å²) in [5.41, 5.74) is 1.66. The van der Waals surface area contributed by atoms with E-state index in [4.69, 9.17) is 4.74 Å². The van der Waals surface area contributed by atoms with Crippen LogP contribution >= 0.6 is 11.3 Å². The highest BCUT2D eigenvalue weighted by atomic mass is 32.1. The molecular formula is C18H20N4O3S. The fourth-order valence-corrected chi connectivity index (χ4v) is 3.90. The molecule has 0 bridgehead atoms. The minimum absolute atomic E-state index is 0.122. The van der Waals surface area contributed by atoms with Crippen LogP contribution in [0.1, 0.15) is 31.0 Å². The molecule has 26 heavy (non-hydrogen) atoms. The summed E-state index contributed by atoms with van der Waals surface area (Å²) in [6.45, 7) is 2.62. The van der Waals surface area contributed by atoms with Crippen LogP contribution in [0.15, 0.2) is 29.1 Å². The van der Waals surface area contributed by atoms with Gasteiger partial charge in [-0.3, -0.25) is 4.79 Å². The van der Waals surface area contributed by atoms with Gasteiger partial charge >= 0.3 is 0 Å². The maximum atomic E-state index is 12.3. The number of anilines is 1. The molecule has 0 atom stereocenters. The Bertz CT molecular complexity index is 1010. The van der Waals surface area contributed by atoms with Gasteiger partial charge < -0.3 is 14.7 Å². The smallest absolute Gasteiger partial charge is 0.275 e. The summed E-state index contributed by atoms with van der Waals surface area (Å²) in [5, 5.41) is 15.1. The Labute approximate surface area is 154 Å². The molecule has 1 N–H and O–H groups in total. The first-order valence-corrected chi connectivity index (χ1v) is 9.43. The maximum Gasteiger partial charge on any atom is 0.275 e. The van der Waals surface area contributed by atoms with E-state index < -0.39 is 0 Å². The Morgan fingerprint density at radius 3 is 2.88 bits per heavy atom. The Morgan fingerprint density at radius 1 is 1.38 bits per heavy atom. The highest BCUT2D eigenvalue weighted by molar-refractivity contribution is 7.20. The summed E-state index contributed by atoms with van der Waals surface area (Å²) in [6, 6.07) is 7.30. The summed E-state index contributed by atoms with van der Waals surface area (Å²) in [6.07, 6.45) is 2.93. The number of aromatic nitrogens is 3. The van der Waals surface area contributed by atoms with Gasteiger partial charge in [0.25, 0.3) is 5.56 Å². The Kier molecular flexibility index (Phi) is 4.28. The summed E-state index contributed by atoms with van der Waals surface area (Å²) < 4.78 is 6.58. The molecule has 0 aliphatic heterocycles. The van der Waals surface area contributed by atoms with Crippen molar-refractivity contribution in [2.75, 3.05) is 12.0 Å². The van der Waals surface area contributed by atoms with Crippen LogP contribution < -0.4 is 15.2 Å². The maximum absolute atomic E-state index is 12.3. The predicted molar refractivity (Wildman–Crippen MR) is 100 cm³/mol. The molecule has 1 aliphatic rings. The molecule has 0 unspecified atom stereocenters. The molecule has 0 saturated heterocycles. The molecule has 1 aliphatic carbocycles. The van der Waals surface area contributed by atoms with Crippen LogP contribution in [0, 0.1) is 0 Å². The number of methoxy groups -OCH3 is 1. The number of hydrogen-bond acceptors (Lipinski definition) is 7. The fourth-order valence-electron chi connectivity index (χ4n) is 2.90. The average molecular weight is 372 g/mol. The molecule has 2 heterocycles. The van der Waals surface area contributed by atoms with Crippen molar-refractivity contribution in [2.45, 2.75) is 38.8 Å².